The summed E-state index contributed by atoms with van der Waals surface area (Å²) in [6.45, 7) is 1.97. The second-order valence-electron chi connectivity index (χ2n) is 5.50. The van der Waals surface area contributed by atoms with Gasteiger partial charge in [0, 0.05) is 16.1 Å². The van der Waals surface area contributed by atoms with Crippen molar-refractivity contribution in [3.8, 4) is 10.4 Å². The monoisotopic (exact) mass is 405 g/mol. The smallest absolute Gasteiger partial charge is 0.338 e. The molecule has 0 saturated heterocycles. The topological polar surface area (TPSA) is 72.5 Å². The SMILES string of the molecule is CCOC(=O)c1ccc(NS(=O)(=O)c2ccc(-c3ccccc3F)s2)cc1. The number of benzene rings is 2. The molecule has 0 atom stereocenters. The molecule has 0 fully saturated rings. The molecule has 3 rings (SSSR count). The summed E-state index contributed by atoms with van der Waals surface area (Å²) in [7, 11) is -3.83. The molecule has 0 spiro atoms. The van der Waals surface area contributed by atoms with E-state index in [0.29, 0.717) is 21.7 Å². The molecule has 0 unspecified atom stereocenters. The lowest BCUT2D eigenvalue weighted by molar-refractivity contribution is 0.0526. The van der Waals surface area contributed by atoms with Crippen LogP contribution in [0.5, 0.6) is 0 Å². The summed E-state index contributed by atoms with van der Waals surface area (Å²) < 4.78 is 46.4. The van der Waals surface area contributed by atoms with Crippen molar-refractivity contribution in [2.75, 3.05) is 11.3 Å². The number of hydrogen-bond donors (Lipinski definition) is 1. The second-order valence-corrected chi connectivity index (χ2v) is 8.49. The highest BCUT2D eigenvalue weighted by Crippen LogP contribution is 2.33. The van der Waals surface area contributed by atoms with Gasteiger partial charge in [-0.15, -0.1) is 11.3 Å². The van der Waals surface area contributed by atoms with Gasteiger partial charge in [0.15, 0.2) is 0 Å². The third-order valence-corrected chi connectivity index (χ3v) is 6.63. The van der Waals surface area contributed by atoms with Crippen LogP contribution >= 0.6 is 11.3 Å². The van der Waals surface area contributed by atoms with Crippen LogP contribution in [0.25, 0.3) is 10.4 Å². The molecule has 0 amide bonds. The molecule has 3 aromatic rings. The maximum absolute atomic E-state index is 13.9. The second kappa shape index (κ2) is 7.89. The number of nitrogens with one attached hydrogen (secondary N) is 1. The molecule has 0 aliphatic heterocycles. The minimum atomic E-state index is -3.83. The van der Waals surface area contributed by atoms with E-state index >= 15 is 0 Å². The van der Waals surface area contributed by atoms with Crippen molar-refractivity contribution in [1.82, 2.24) is 0 Å². The average molecular weight is 405 g/mol. The zero-order valence-corrected chi connectivity index (χ0v) is 15.9. The van der Waals surface area contributed by atoms with Crippen LogP contribution in [-0.4, -0.2) is 21.0 Å². The van der Waals surface area contributed by atoms with Crippen LogP contribution < -0.4 is 4.72 Å². The Morgan fingerprint density at radius 1 is 1.07 bits per heavy atom. The fourth-order valence-corrected chi connectivity index (χ4v) is 4.76. The van der Waals surface area contributed by atoms with Gasteiger partial charge in [-0.2, -0.15) is 0 Å². The minimum Gasteiger partial charge on any atom is -0.462 e. The Bertz CT molecular complexity index is 1060. The van der Waals surface area contributed by atoms with Gasteiger partial charge >= 0.3 is 5.97 Å². The molecule has 0 radical (unpaired) electrons. The van der Waals surface area contributed by atoms with Crippen LogP contribution in [-0.2, 0) is 14.8 Å². The van der Waals surface area contributed by atoms with E-state index in [9.17, 15) is 17.6 Å². The molecule has 0 aliphatic rings. The number of ether oxygens (including phenoxy) is 1. The van der Waals surface area contributed by atoms with Gasteiger partial charge < -0.3 is 4.74 Å². The highest BCUT2D eigenvalue weighted by atomic mass is 32.2. The first-order valence-electron chi connectivity index (χ1n) is 8.05. The van der Waals surface area contributed by atoms with Crippen molar-refractivity contribution in [2.24, 2.45) is 0 Å². The lowest BCUT2D eigenvalue weighted by Crippen LogP contribution is -2.11. The Labute approximate surface area is 160 Å². The van der Waals surface area contributed by atoms with Gasteiger partial charge in [-0.05, 0) is 49.4 Å². The number of thiophene rings is 1. The lowest BCUT2D eigenvalue weighted by Gasteiger charge is -2.07. The standard InChI is InChI=1S/C19H16FNO4S2/c1-2-25-19(22)13-7-9-14(10-8-13)21-27(23,24)18-12-11-17(26-18)15-5-3-4-6-16(15)20/h3-12,21H,2H2,1H3. The van der Waals surface area contributed by atoms with Crippen molar-refractivity contribution in [3.63, 3.8) is 0 Å². The Kier molecular flexibility index (Phi) is 5.57. The fraction of sp³-hybridized carbons (Fsp3) is 0.105. The summed E-state index contributed by atoms with van der Waals surface area (Å²) in [4.78, 5) is 12.2. The molecule has 1 N–H and O–H groups in total. The highest BCUT2D eigenvalue weighted by Gasteiger charge is 2.19. The summed E-state index contributed by atoms with van der Waals surface area (Å²) in [6, 6.07) is 15.1. The van der Waals surface area contributed by atoms with E-state index in [-0.39, 0.29) is 10.8 Å². The van der Waals surface area contributed by atoms with E-state index in [2.05, 4.69) is 4.72 Å². The van der Waals surface area contributed by atoms with Crippen molar-refractivity contribution in [2.45, 2.75) is 11.1 Å². The molecular weight excluding hydrogens is 389 g/mol. The van der Waals surface area contributed by atoms with Gasteiger partial charge in [0.1, 0.15) is 10.0 Å². The third-order valence-electron chi connectivity index (χ3n) is 3.63. The molecule has 1 aromatic heterocycles. The summed E-state index contributed by atoms with van der Waals surface area (Å²) >= 11 is 0.976. The quantitative estimate of drug-likeness (QED) is 0.612. The van der Waals surface area contributed by atoms with Gasteiger partial charge in [-0.25, -0.2) is 17.6 Å². The fourth-order valence-electron chi connectivity index (χ4n) is 2.36. The van der Waals surface area contributed by atoms with Gasteiger partial charge in [-0.1, -0.05) is 18.2 Å². The Morgan fingerprint density at radius 3 is 2.44 bits per heavy atom. The summed E-state index contributed by atoms with van der Waals surface area (Å²) in [5.41, 5.74) is 0.990. The average Bonchev–Trinajstić information content (AvgIpc) is 3.13. The van der Waals surface area contributed by atoms with Crippen LogP contribution in [0, 0.1) is 5.82 Å². The number of esters is 1. The Morgan fingerprint density at radius 2 is 1.78 bits per heavy atom. The van der Waals surface area contributed by atoms with Gasteiger partial charge in [0.25, 0.3) is 10.0 Å². The van der Waals surface area contributed by atoms with Gasteiger partial charge in [-0.3, -0.25) is 4.72 Å². The molecule has 0 saturated carbocycles. The molecule has 0 bridgehead atoms. The van der Waals surface area contributed by atoms with Crippen molar-refractivity contribution in [3.05, 3.63) is 72.0 Å². The van der Waals surface area contributed by atoms with Gasteiger partial charge in [0.05, 0.1) is 12.2 Å². The predicted molar refractivity (Wildman–Crippen MR) is 103 cm³/mol. The molecule has 8 heteroatoms. The van der Waals surface area contributed by atoms with Crippen molar-refractivity contribution >= 4 is 33.0 Å². The molecule has 140 valence electrons. The van der Waals surface area contributed by atoms with E-state index < -0.39 is 21.8 Å². The summed E-state index contributed by atoms with van der Waals surface area (Å²) in [6.07, 6.45) is 0. The van der Waals surface area contributed by atoms with E-state index in [1.165, 1.54) is 36.4 Å². The number of sulfonamides is 1. The first-order chi connectivity index (χ1) is 12.9. The highest BCUT2D eigenvalue weighted by molar-refractivity contribution is 7.94. The van der Waals surface area contributed by atoms with E-state index in [0.717, 1.165) is 11.3 Å². The number of hydrogen-bond acceptors (Lipinski definition) is 5. The van der Waals surface area contributed by atoms with E-state index in [1.54, 1.807) is 31.2 Å². The first kappa shape index (κ1) is 19.1. The van der Waals surface area contributed by atoms with E-state index in [4.69, 9.17) is 4.74 Å². The zero-order valence-electron chi connectivity index (χ0n) is 14.3. The van der Waals surface area contributed by atoms with Crippen molar-refractivity contribution in [1.29, 1.82) is 0 Å². The summed E-state index contributed by atoms with van der Waals surface area (Å²) in [5.74, 6) is -0.884. The zero-order chi connectivity index (χ0) is 19.4. The normalized spacial score (nSPS) is 11.2. The minimum absolute atomic E-state index is 0.0650. The number of carbonyl (C=O) groups excluding carboxylic acids is 1. The van der Waals surface area contributed by atoms with Gasteiger partial charge in [0.2, 0.25) is 0 Å². The summed E-state index contributed by atoms with van der Waals surface area (Å²) in [5, 5.41) is 0. The van der Waals surface area contributed by atoms with Crippen LogP contribution in [0.2, 0.25) is 0 Å². The number of anilines is 1. The lowest BCUT2D eigenvalue weighted by atomic mass is 10.2. The number of rotatable bonds is 6. The maximum Gasteiger partial charge on any atom is 0.338 e. The third kappa shape index (κ3) is 4.35. The largest absolute Gasteiger partial charge is 0.462 e. The molecule has 5 nitrogen and oxygen atoms in total. The molecule has 0 aliphatic carbocycles. The van der Waals surface area contributed by atoms with E-state index in [1.807, 2.05) is 0 Å². The Hall–Kier alpha value is -2.71. The molecule has 27 heavy (non-hydrogen) atoms. The van der Waals surface area contributed by atoms with Crippen LogP contribution in [0.3, 0.4) is 0 Å². The first-order valence-corrected chi connectivity index (χ1v) is 10.4. The molecular formula is C19H16FNO4S2. The number of carbonyl (C=O) groups is 1. The molecule has 2 aromatic carbocycles. The van der Waals surface area contributed by atoms with Crippen molar-refractivity contribution < 1.29 is 22.3 Å². The molecule has 1 heterocycles. The predicted octanol–water partition coefficient (Wildman–Crippen LogP) is 4.53. The van der Waals surface area contributed by atoms with Crippen LogP contribution in [0.4, 0.5) is 10.1 Å². The number of halogens is 1. The Balaban J connectivity index is 1.79. The van der Waals surface area contributed by atoms with Crippen LogP contribution in [0.1, 0.15) is 17.3 Å². The maximum atomic E-state index is 13.9. The van der Waals surface area contributed by atoms with Crippen LogP contribution in [0.15, 0.2) is 64.9 Å².